The Labute approximate surface area is 142 Å². The molecule has 0 aliphatic carbocycles. The molecule has 126 valence electrons. The van der Waals surface area contributed by atoms with E-state index in [1.54, 1.807) is 11.1 Å². The van der Waals surface area contributed by atoms with Crippen molar-refractivity contribution in [3.63, 3.8) is 0 Å². The topological polar surface area (TPSA) is 51.7 Å². The summed E-state index contributed by atoms with van der Waals surface area (Å²) < 4.78 is 11.5. The number of anilines is 1. The highest BCUT2D eigenvalue weighted by atomic mass is 16.5. The molecule has 1 atom stereocenters. The molecule has 1 aromatic heterocycles. The van der Waals surface area contributed by atoms with E-state index < -0.39 is 6.10 Å². The Morgan fingerprint density at radius 3 is 2.92 bits per heavy atom. The standard InChI is InChI=1S/C19H22N2O3/c1-4-17(24-15-7-5-6-13(2)10-15)19(22)21-8-9-23-18-16(21)11-14(3)12-20-18/h5-7,10-12,17H,4,8-9H2,1-3H3. The molecular formula is C19H22N2O3. The number of nitrogens with zero attached hydrogens (tertiary/aromatic N) is 2. The van der Waals surface area contributed by atoms with Crippen molar-refractivity contribution in [3.8, 4) is 11.6 Å². The van der Waals surface area contributed by atoms with Gasteiger partial charge in [-0.1, -0.05) is 19.1 Å². The van der Waals surface area contributed by atoms with E-state index in [1.165, 1.54) is 0 Å². The van der Waals surface area contributed by atoms with Crippen LogP contribution in [0.4, 0.5) is 5.69 Å². The molecule has 0 spiro atoms. The van der Waals surface area contributed by atoms with E-state index in [-0.39, 0.29) is 5.91 Å². The molecule has 1 aromatic carbocycles. The highest BCUT2D eigenvalue weighted by molar-refractivity contribution is 5.98. The summed E-state index contributed by atoms with van der Waals surface area (Å²) in [5.74, 6) is 1.16. The second kappa shape index (κ2) is 6.91. The number of hydrogen-bond acceptors (Lipinski definition) is 4. The predicted molar refractivity (Wildman–Crippen MR) is 92.7 cm³/mol. The first kappa shape index (κ1) is 16.3. The average Bonchev–Trinajstić information content (AvgIpc) is 2.58. The van der Waals surface area contributed by atoms with Gasteiger partial charge >= 0.3 is 0 Å². The third-order valence-corrected chi connectivity index (χ3v) is 3.99. The molecule has 24 heavy (non-hydrogen) atoms. The molecule has 5 nitrogen and oxygen atoms in total. The van der Waals surface area contributed by atoms with Gasteiger partial charge in [0.2, 0.25) is 5.88 Å². The highest BCUT2D eigenvalue weighted by Crippen LogP contribution is 2.31. The molecule has 2 aromatic rings. The van der Waals surface area contributed by atoms with Gasteiger partial charge in [0, 0.05) is 6.20 Å². The molecule has 1 aliphatic heterocycles. The van der Waals surface area contributed by atoms with E-state index in [2.05, 4.69) is 4.98 Å². The summed E-state index contributed by atoms with van der Waals surface area (Å²) in [4.78, 5) is 19.0. The van der Waals surface area contributed by atoms with Crippen LogP contribution in [0.3, 0.4) is 0 Å². The fourth-order valence-electron chi connectivity index (χ4n) is 2.76. The van der Waals surface area contributed by atoms with Crippen LogP contribution < -0.4 is 14.4 Å². The summed E-state index contributed by atoms with van der Waals surface area (Å²) in [6.45, 7) is 6.85. The summed E-state index contributed by atoms with van der Waals surface area (Å²) >= 11 is 0. The van der Waals surface area contributed by atoms with Crippen molar-refractivity contribution in [1.29, 1.82) is 0 Å². The summed E-state index contributed by atoms with van der Waals surface area (Å²) in [7, 11) is 0. The first-order valence-electron chi connectivity index (χ1n) is 8.22. The zero-order chi connectivity index (χ0) is 17.1. The van der Waals surface area contributed by atoms with Crippen molar-refractivity contribution in [2.24, 2.45) is 0 Å². The Kier molecular flexibility index (Phi) is 4.69. The minimum absolute atomic E-state index is 0.0593. The van der Waals surface area contributed by atoms with Crippen molar-refractivity contribution in [1.82, 2.24) is 4.98 Å². The lowest BCUT2D eigenvalue weighted by Crippen LogP contribution is -2.45. The van der Waals surface area contributed by atoms with Crippen molar-refractivity contribution >= 4 is 11.6 Å². The molecule has 0 saturated heterocycles. The Morgan fingerprint density at radius 1 is 1.33 bits per heavy atom. The smallest absolute Gasteiger partial charge is 0.268 e. The summed E-state index contributed by atoms with van der Waals surface area (Å²) in [6.07, 6.45) is 1.81. The van der Waals surface area contributed by atoms with E-state index in [1.807, 2.05) is 51.1 Å². The first-order chi connectivity index (χ1) is 11.6. The maximum absolute atomic E-state index is 13.0. The van der Waals surface area contributed by atoms with Gasteiger partial charge in [-0.25, -0.2) is 4.98 Å². The van der Waals surface area contributed by atoms with E-state index in [0.29, 0.717) is 31.2 Å². The number of rotatable bonds is 4. The van der Waals surface area contributed by atoms with Crippen LogP contribution in [0.2, 0.25) is 0 Å². The van der Waals surface area contributed by atoms with Gasteiger partial charge in [-0.15, -0.1) is 0 Å². The largest absolute Gasteiger partial charge is 0.481 e. The van der Waals surface area contributed by atoms with Crippen LogP contribution in [-0.2, 0) is 4.79 Å². The fourth-order valence-corrected chi connectivity index (χ4v) is 2.76. The molecule has 0 bridgehead atoms. The van der Waals surface area contributed by atoms with Gasteiger partial charge in [0.15, 0.2) is 6.10 Å². The zero-order valence-electron chi connectivity index (χ0n) is 14.3. The molecule has 0 radical (unpaired) electrons. The number of aromatic nitrogens is 1. The lowest BCUT2D eigenvalue weighted by Gasteiger charge is -2.31. The Hall–Kier alpha value is -2.56. The highest BCUT2D eigenvalue weighted by Gasteiger charge is 2.30. The average molecular weight is 326 g/mol. The number of amides is 1. The molecule has 1 unspecified atom stereocenters. The maximum Gasteiger partial charge on any atom is 0.268 e. The third kappa shape index (κ3) is 3.35. The quantitative estimate of drug-likeness (QED) is 0.865. The van der Waals surface area contributed by atoms with Gasteiger partial charge in [0.25, 0.3) is 5.91 Å². The number of fused-ring (bicyclic) bond motifs is 1. The summed E-state index contributed by atoms with van der Waals surface area (Å²) in [5.41, 5.74) is 2.81. The number of pyridine rings is 1. The number of ether oxygens (including phenoxy) is 2. The molecule has 3 rings (SSSR count). The Balaban J connectivity index is 1.83. The van der Waals surface area contributed by atoms with Gasteiger partial charge in [-0.3, -0.25) is 4.79 Å². The lowest BCUT2D eigenvalue weighted by atomic mass is 10.2. The monoisotopic (exact) mass is 326 g/mol. The number of aryl methyl sites for hydroxylation is 2. The second-order valence-electron chi connectivity index (χ2n) is 6.01. The third-order valence-electron chi connectivity index (χ3n) is 3.99. The van der Waals surface area contributed by atoms with Crippen LogP contribution in [0.5, 0.6) is 11.6 Å². The molecule has 0 saturated carbocycles. The molecule has 1 amide bonds. The van der Waals surface area contributed by atoms with Crippen LogP contribution in [0.25, 0.3) is 0 Å². The van der Waals surface area contributed by atoms with E-state index in [4.69, 9.17) is 9.47 Å². The SMILES string of the molecule is CCC(Oc1cccc(C)c1)C(=O)N1CCOc2ncc(C)cc21. The fraction of sp³-hybridized carbons (Fsp3) is 0.368. The molecule has 0 N–H and O–H groups in total. The summed E-state index contributed by atoms with van der Waals surface area (Å²) in [6, 6.07) is 9.68. The van der Waals surface area contributed by atoms with Crippen LogP contribution in [0, 0.1) is 13.8 Å². The van der Waals surface area contributed by atoms with Gasteiger partial charge in [0.05, 0.1) is 6.54 Å². The zero-order valence-corrected chi connectivity index (χ0v) is 14.3. The molecule has 2 heterocycles. The Bertz CT molecular complexity index is 745. The first-order valence-corrected chi connectivity index (χ1v) is 8.22. The van der Waals surface area contributed by atoms with Crippen LogP contribution >= 0.6 is 0 Å². The lowest BCUT2D eigenvalue weighted by molar-refractivity contribution is -0.125. The van der Waals surface area contributed by atoms with Gasteiger partial charge in [-0.05, 0) is 49.6 Å². The number of hydrogen-bond donors (Lipinski definition) is 0. The van der Waals surface area contributed by atoms with E-state index >= 15 is 0 Å². The molecule has 1 aliphatic rings. The van der Waals surface area contributed by atoms with Crippen molar-refractivity contribution in [2.45, 2.75) is 33.3 Å². The van der Waals surface area contributed by atoms with Gasteiger partial charge < -0.3 is 14.4 Å². The van der Waals surface area contributed by atoms with Crippen molar-refractivity contribution < 1.29 is 14.3 Å². The summed E-state index contributed by atoms with van der Waals surface area (Å²) in [5, 5.41) is 0. The van der Waals surface area contributed by atoms with Crippen molar-refractivity contribution in [3.05, 3.63) is 47.7 Å². The number of benzene rings is 1. The normalized spacial score (nSPS) is 14.5. The molecular weight excluding hydrogens is 304 g/mol. The Morgan fingerprint density at radius 2 is 2.17 bits per heavy atom. The molecule has 5 heteroatoms. The minimum Gasteiger partial charge on any atom is -0.481 e. The van der Waals surface area contributed by atoms with Crippen LogP contribution in [0.1, 0.15) is 24.5 Å². The van der Waals surface area contributed by atoms with Gasteiger partial charge in [-0.2, -0.15) is 0 Å². The minimum atomic E-state index is -0.529. The van der Waals surface area contributed by atoms with Gasteiger partial charge in [0.1, 0.15) is 18.0 Å². The second-order valence-corrected chi connectivity index (χ2v) is 6.01. The van der Waals surface area contributed by atoms with E-state index in [9.17, 15) is 4.79 Å². The number of carbonyl (C=O) groups excluding carboxylic acids is 1. The number of carbonyl (C=O) groups is 1. The van der Waals surface area contributed by atoms with E-state index in [0.717, 1.165) is 16.8 Å². The van der Waals surface area contributed by atoms with Crippen LogP contribution in [0.15, 0.2) is 36.5 Å². The molecule has 0 fully saturated rings. The van der Waals surface area contributed by atoms with Crippen molar-refractivity contribution in [2.75, 3.05) is 18.1 Å². The van der Waals surface area contributed by atoms with Crippen LogP contribution in [-0.4, -0.2) is 30.1 Å². The maximum atomic E-state index is 13.0. The predicted octanol–water partition coefficient (Wildman–Crippen LogP) is 3.28.